The summed E-state index contributed by atoms with van der Waals surface area (Å²) in [5.74, 6) is 0.820. The zero-order chi connectivity index (χ0) is 13.3. The van der Waals surface area contributed by atoms with E-state index >= 15 is 0 Å². The fraction of sp³-hybridized carbons (Fsp3) is 0.273. The number of rotatable bonds is 2. The Kier molecular flexibility index (Phi) is 3.34. The highest BCUT2D eigenvalue weighted by molar-refractivity contribution is 7.97. The lowest BCUT2D eigenvalue weighted by atomic mass is 10.1. The lowest BCUT2D eigenvalue weighted by molar-refractivity contribution is -0.137. The minimum atomic E-state index is -4.43. The van der Waals surface area contributed by atoms with Crippen LogP contribution in [-0.2, 0) is 11.9 Å². The minimum Gasteiger partial charge on any atom is -0.309 e. The van der Waals surface area contributed by atoms with Crippen molar-refractivity contribution in [3.63, 3.8) is 0 Å². The van der Waals surface area contributed by atoms with Crippen LogP contribution in [0.2, 0.25) is 0 Å². The van der Waals surface area contributed by atoms with Crippen LogP contribution in [-0.4, -0.2) is 16.2 Å². The van der Waals surface area contributed by atoms with Gasteiger partial charge in [-0.15, -0.1) is 0 Å². The molecule has 0 saturated carbocycles. The third kappa shape index (κ3) is 2.50. The zero-order valence-corrected chi connectivity index (χ0v) is 10.2. The van der Waals surface area contributed by atoms with E-state index in [1.165, 1.54) is 11.8 Å². The molecule has 1 aromatic heterocycles. The van der Waals surface area contributed by atoms with E-state index in [9.17, 15) is 18.0 Å². The smallest absolute Gasteiger partial charge is 0.309 e. The van der Waals surface area contributed by atoms with Gasteiger partial charge in [-0.3, -0.25) is 4.79 Å². The molecule has 2 rings (SSSR count). The van der Waals surface area contributed by atoms with Crippen LogP contribution in [0.1, 0.15) is 11.4 Å². The normalized spacial score (nSPS) is 12.0. The summed E-state index contributed by atoms with van der Waals surface area (Å²) in [5, 5.41) is 0.160. The highest BCUT2D eigenvalue weighted by atomic mass is 32.2. The van der Waals surface area contributed by atoms with Crippen molar-refractivity contribution in [2.75, 3.05) is 6.26 Å². The van der Waals surface area contributed by atoms with Gasteiger partial charge in [0.15, 0.2) is 0 Å². The Labute approximate surface area is 104 Å². The molecule has 0 atom stereocenters. The molecule has 0 amide bonds. The first-order chi connectivity index (χ1) is 8.41. The number of H-pyrrole nitrogens is 1. The SMILES string of the molecule is CSCc1nc2cc(C(F)(F)F)ccc2c(=O)[nH]1. The number of halogens is 3. The average molecular weight is 274 g/mol. The molecule has 2 aromatic rings. The summed E-state index contributed by atoms with van der Waals surface area (Å²) in [7, 11) is 0. The molecule has 0 bridgehead atoms. The molecular formula is C11H9F3N2OS. The first-order valence-electron chi connectivity index (χ1n) is 5.01. The van der Waals surface area contributed by atoms with Crippen LogP contribution in [0, 0.1) is 0 Å². The predicted molar refractivity (Wildman–Crippen MR) is 64.6 cm³/mol. The monoisotopic (exact) mass is 274 g/mol. The van der Waals surface area contributed by atoms with Crippen LogP contribution >= 0.6 is 11.8 Å². The van der Waals surface area contributed by atoms with Gasteiger partial charge in [0, 0.05) is 0 Å². The molecule has 0 aliphatic heterocycles. The number of nitrogens with zero attached hydrogens (tertiary/aromatic N) is 1. The summed E-state index contributed by atoms with van der Waals surface area (Å²) in [6, 6.07) is 2.93. The zero-order valence-electron chi connectivity index (χ0n) is 9.34. The van der Waals surface area contributed by atoms with E-state index < -0.39 is 17.3 Å². The van der Waals surface area contributed by atoms with Gasteiger partial charge in [0.05, 0.1) is 22.2 Å². The van der Waals surface area contributed by atoms with Crippen LogP contribution in [0.4, 0.5) is 13.2 Å². The summed E-state index contributed by atoms with van der Waals surface area (Å²) in [5.41, 5.74) is -1.15. The molecule has 1 heterocycles. The van der Waals surface area contributed by atoms with Crippen LogP contribution < -0.4 is 5.56 Å². The van der Waals surface area contributed by atoms with Crippen LogP contribution in [0.15, 0.2) is 23.0 Å². The van der Waals surface area contributed by atoms with E-state index in [2.05, 4.69) is 9.97 Å². The molecule has 18 heavy (non-hydrogen) atoms. The number of benzene rings is 1. The predicted octanol–water partition coefficient (Wildman–Crippen LogP) is 2.80. The molecule has 1 N–H and O–H groups in total. The summed E-state index contributed by atoms with van der Waals surface area (Å²) in [4.78, 5) is 18.2. The van der Waals surface area contributed by atoms with Gasteiger partial charge in [0.2, 0.25) is 0 Å². The Bertz CT molecular complexity index is 636. The van der Waals surface area contributed by atoms with Crippen molar-refractivity contribution in [1.82, 2.24) is 9.97 Å². The van der Waals surface area contributed by atoms with Crippen molar-refractivity contribution in [2.45, 2.75) is 11.9 Å². The van der Waals surface area contributed by atoms with Gasteiger partial charge in [-0.2, -0.15) is 24.9 Å². The van der Waals surface area contributed by atoms with Crippen molar-refractivity contribution in [1.29, 1.82) is 0 Å². The largest absolute Gasteiger partial charge is 0.416 e. The maximum absolute atomic E-state index is 12.5. The van der Waals surface area contributed by atoms with Gasteiger partial charge in [-0.25, -0.2) is 4.98 Å². The Morgan fingerprint density at radius 2 is 2.11 bits per heavy atom. The van der Waals surface area contributed by atoms with Gasteiger partial charge >= 0.3 is 6.18 Å². The topological polar surface area (TPSA) is 45.8 Å². The van der Waals surface area contributed by atoms with Crippen LogP contribution in [0.3, 0.4) is 0 Å². The third-order valence-corrected chi connectivity index (χ3v) is 2.93. The number of hydrogen-bond acceptors (Lipinski definition) is 3. The van der Waals surface area contributed by atoms with Crippen molar-refractivity contribution in [2.24, 2.45) is 0 Å². The van der Waals surface area contributed by atoms with Crippen molar-refractivity contribution >= 4 is 22.7 Å². The number of hydrogen-bond donors (Lipinski definition) is 1. The van der Waals surface area contributed by atoms with E-state index in [1.54, 1.807) is 0 Å². The van der Waals surface area contributed by atoms with E-state index in [0.29, 0.717) is 11.6 Å². The second-order valence-electron chi connectivity index (χ2n) is 3.68. The Hall–Kier alpha value is -1.50. The number of alkyl halides is 3. The molecule has 0 unspecified atom stereocenters. The second-order valence-corrected chi connectivity index (χ2v) is 4.54. The van der Waals surface area contributed by atoms with Crippen molar-refractivity contribution in [3.8, 4) is 0 Å². The Morgan fingerprint density at radius 1 is 1.39 bits per heavy atom. The van der Waals surface area contributed by atoms with E-state index in [-0.39, 0.29) is 10.9 Å². The minimum absolute atomic E-state index is 0.0672. The molecular weight excluding hydrogens is 265 g/mol. The van der Waals surface area contributed by atoms with E-state index in [4.69, 9.17) is 0 Å². The Morgan fingerprint density at radius 3 is 2.72 bits per heavy atom. The highest BCUT2D eigenvalue weighted by Crippen LogP contribution is 2.30. The molecule has 0 aliphatic carbocycles. The fourth-order valence-electron chi connectivity index (χ4n) is 1.57. The first-order valence-corrected chi connectivity index (χ1v) is 6.40. The van der Waals surface area contributed by atoms with E-state index in [0.717, 1.165) is 18.2 Å². The molecule has 3 nitrogen and oxygen atoms in total. The third-order valence-electron chi connectivity index (χ3n) is 2.36. The van der Waals surface area contributed by atoms with Gasteiger partial charge in [-0.1, -0.05) is 0 Å². The van der Waals surface area contributed by atoms with Gasteiger partial charge < -0.3 is 4.98 Å². The van der Waals surface area contributed by atoms with Gasteiger partial charge in [0.1, 0.15) is 5.82 Å². The molecule has 7 heteroatoms. The fourth-order valence-corrected chi connectivity index (χ4v) is 1.98. The molecule has 0 spiro atoms. The number of thioether (sulfide) groups is 1. The molecule has 0 aliphatic rings. The van der Waals surface area contributed by atoms with Crippen LogP contribution in [0.5, 0.6) is 0 Å². The van der Waals surface area contributed by atoms with Gasteiger partial charge in [-0.05, 0) is 24.5 Å². The summed E-state index contributed by atoms with van der Waals surface area (Å²) in [6.45, 7) is 0. The van der Waals surface area contributed by atoms with Crippen molar-refractivity contribution < 1.29 is 13.2 Å². The maximum Gasteiger partial charge on any atom is 0.416 e. The molecule has 0 radical (unpaired) electrons. The number of aromatic nitrogens is 2. The van der Waals surface area contributed by atoms with Gasteiger partial charge in [0.25, 0.3) is 5.56 Å². The first kappa shape index (κ1) is 12.9. The van der Waals surface area contributed by atoms with E-state index in [1.807, 2.05) is 6.26 Å². The summed E-state index contributed by atoms with van der Waals surface area (Å²) >= 11 is 1.43. The molecule has 96 valence electrons. The summed E-state index contributed by atoms with van der Waals surface area (Å²) < 4.78 is 37.6. The number of nitrogens with one attached hydrogen (secondary N) is 1. The molecule has 0 fully saturated rings. The highest BCUT2D eigenvalue weighted by Gasteiger charge is 2.30. The summed E-state index contributed by atoms with van der Waals surface area (Å²) in [6.07, 6.45) is -2.62. The lowest BCUT2D eigenvalue weighted by Crippen LogP contribution is -2.12. The molecule has 1 aromatic carbocycles. The molecule has 0 saturated heterocycles. The van der Waals surface area contributed by atoms with Crippen molar-refractivity contribution in [3.05, 3.63) is 39.9 Å². The average Bonchev–Trinajstić information content (AvgIpc) is 2.27. The number of fused-ring (bicyclic) bond motifs is 1. The standard InChI is InChI=1S/C11H9F3N2OS/c1-18-5-9-15-8-4-6(11(12,13)14)2-3-7(8)10(17)16-9/h2-4H,5H2,1H3,(H,15,16,17). The Balaban J connectivity index is 2.64. The van der Waals surface area contributed by atoms with Crippen LogP contribution in [0.25, 0.3) is 10.9 Å². The quantitative estimate of drug-likeness (QED) is 0.916. The maximum atomic E-state index is 12.5. The lowest BCUT2D eigenvalue weighted by Gasteiger charge is -2.07. The number of aromatic amines is 1. The second kappa shape index (κ2) is 4.64.